The molecule has 1 aromatic heterocycles. The van der Waals surface area contributed by atoms with Gasteiger partial charge in [-0.15, -0.1) is 11.3 Å². The fraction of sp³-hybridized carbons (Fsp3) is 0.400. The monoisotopic (exact) mass is 388 g/mol. The van der Waals surface area contributed by atoms with E-state index in [4.69, 9.17) is 16.3 Å². The molecule has 4 nitrogen and oxygen atoms in total. The van der Waals surface area contributed by atoms with Crippen LogP contribution in [0.5, 0.6) is 5.75 Å². The van der Waals surface area contributed by atoms with Gasteiger partial charge >= 0.3 is 0 Å². The van der Waals surface area contributed by atoms with E-state index < -0.39 is 0 Å². The molecular weight excluding hydrogens is 368 g/mol. The van der Waals surface area contributed by atoms with Crippen molar-refractivity contribution in [1.29, 1.82) is 5.26 Å². The maximum atomic E-state index is 12.2. The molecule has 0 aliphatic heterocycles. The number of aryl methyl sites for hydroxylation is 2. The summed E-state index contributed by atoms with van der Waals surface area (Å²) in [5.41, 5.74) is 2.77. The fourth-order valence-corrected chi connectivity index (χ4v) is 4.63. The van der Waals surface area contributed by atoms with Crippen LogP contribution in [0.15, 0.2) is 18.2 Å². The number of hydrogen-bond donors (Lipinski definition) is 1. The summed E-state index contributed by atoms with van der Waals surface area (Å²) in [6, 6.07) is 7.75. The summed E-state index contributed by atoms with van der Waals surface area (Å²) in [4.78, 5) is 13.5. The predicted molar refractivity (Wildman–Crippen MR) is 105 cm³/mol. The Kier molecular flexibility index (Phi) is 6.18. The fourth-order valence-electron chi connectivity index (χ4n) is 3.15. The molecule has 26 heavy (non-hydrogen) atoms. The molecule has 0 fully saturated rings. The van der Waals surface area contributed by atoms with Gasteiger partial charge in [-0.1, -0.05) is 11.6 Å². The van der Waals surface area contributed by atoms with Crippen LogP contribution in [0.2, 0.25) is 5.02 Å². The molecule has 1 amide bonds. The highest BCUT2D eigenvalue weighted by molar-refractivity contribution is 7.16. The van der Waals surface area contributed by atoms with Gasteiger partial charge < -0.3 is 10.1 Å². The highest BCUT2D eigenvalue weighted by Gasteiger charge is 2.21. The van der Waals surface area contributed by atoms with Crippen molar-refractivity contribution in [2.24, 2.45) is 0 Å². The summed E-state index contributed by atoms with van der Waals surface area (Å²) in [6.07, 6.45) is 5.21. The zero-order valence-corrected chi connectivity index (χ0v) is 16.3. The molecule has 0 unspecified atom stereocenters. The van der Waals surface area contributed by atoms with Gasteiger partial charge in [0.25, 0.3) is 0 Å². The summed E-state index contributed by atoms with van der Waals surface area (Å²) in [5, 5.41) is 13.7. The Morgan fingerprint density at radius 2 is 2.19 bits per heavy atom. The number of carbonyl (C=O) groups is 1. The number of amides is 1. The van der Waals surface area contributed by atoms with Gasteiger partial charge in [-0.05, 0) is 68.4 Å². The molecule has 1 aliphatic carbocycles. The van der Waals surface area contributed by atoms with E-state index in [-0.39, 0.29) is 5.91 Å². The number of nitriles is 1. The van der Waals surface area contributed by atoms with Gasteiger partial charge in [0.15, 0.2) is 0 Å². The van der Waals surface area contributed by atoms with Crippen molar-refractivity contribution in [3.8, 4) is 11.8 Å². The van der Waals surface area contributed by atoms with Crippen LogP contribution in [0.3, 0.4) is 0 Å². The number of hydrogen-bond acceptors (Lipinski definition) is 4. The molecule has 0 radical (unpaired) electrons. The number of ether oxygens (including phenoxy) is 1. The average molecular weight is 389 g/mol. The van der Waals surface area contributed by atoms with E-state index in [9.17, 15) is 10.1 Å². The van der Waals surface area contributed by atoms with Crippen LogP contribution in [0.1, 0.15) is 47.3 Å². The quantitative estimate of drug-likeness (QED) is 0.686. The second-order valence-corrected chi connectivity index (χ2v) is 7.98. The maximum absolute atomic E-state index is 12.2. The number of nitrogens with zero attached hydrogens (tertiary/aromatic N) is 1. The molecule has 0 atom stereocenters. The standard InChI is InChI=1S/C20H21ClN2O2S/c1-13-11-14(21)8-9-17(13)25-10-4-7-19(24)23-20-16(12-22)15-5-2-3-6-18(15)26-20/h8-9,11H,2-7,10H2,1H3,(H,23,24). The highest BCUT2D eigenvalue weighted by atomic mass is 35.5. The molecule has 2 aromatic rings. The van der Waals surface area contributed by atoms with Crippen molar-refractivity contribution in [2.75, 3.05) is 11.9 Å². The molecule has 0 saturated carbocycles. The van der Waals surface area contributed by atoms with Gasteiger partial charge in [0.2, 0.25) is 5.91 Å². The Balaban J connectivity index is 1.50. The summed E-state index contributed by atoms with van der Waals surface area (Å²) in [5.74, 6) is 0.712. The molecule has 0 saturated heterocycles. The lowest BCUT2D eigenvalue weighted by Gasteiger charge is -2.09. The number of anilines is 1. The van der Waals surface area contributed by atoms with Crippen molar-refractivity contribution >= 4 is 33.8 Å². The first-order valence-electron chi connectivity index (χ1n) is 8.82. The van der Waals surface area contributed by atoms with Gasteiger partial charge in [-0.3, -0.25) is 4.79 Å². The summed E-state index contributed by atoms with van der Waals surface area (Å²) >= 11 is 7.48. The predicted octanol–water partition coefficient (Wildman–Crippen LogP) is 5.26. The molecule has 136 valence electrons. The average Bonchev–Trinajstić information content (AvgIpc) is 2.97. The Bertz CT molecular complexity index is 854. The van der Waals surface area contributed by atoms with Crippen LogP contribution in [0.4, 0.5) is 5.00 Å². The van der Waals surface area contributed by atoms with E-state index in [1.54, 1.807) is 17.4 Å². The Labute approximate surface area is 162 Å². The lowest BCUT2D eigenvalue weighted by Crippen LogP contribution is -2.13. The number of carbonyl (C=O) groups excluding carboxylic acids is 1. The molecule has 0 spiro atoms. The summed E-state index contributed by atoms with van der Waals surface area (Å²) in [6.45, 7) is 2.40. The van der Waals surface area contributed by atoms with E-state index in [2.05, 4.69) is 11.4 Å². The van der Waals surface area contributed by atoms with E-state index in [0.717, 1.165) is 42.6 Å². The molecule has 0 bridgehead atoms. The van der Waals surface area contributed by atoms with Crippen LogP contribution in [0.25, 0.3) is 0 Å². The first kappa shape index (κ1) is 18.8. The molecule has 1 aliphatic rings. The Morgan fingerprint density at radius 3 is 2.96 bits per heavy atom. The minimum absolute atomic E-state index is 0.0727. The largest absolute Gasteiger partial charge is 0.493 e. The van der Waals surface area contributed by atoms with Crippen molar-refractivity contribution in [3.05, 3.63) is 44.8 Å². The summed E-state index contributed by atoms with van der Waals surface area (Å²) < 4.78 is 5.72. The van der Waals surface area contributed by atoms with Crippen molar-refractivity contribution < 1.29 is 9.53 Å². The molecule has 6 heteroatoms. The van der Waals surface area contributed by atoms with E-state index in [0.29, 0.717) is 35.0 Å². The first-order valence-corrected chi connectivity index (χ1v) is 10.0. The normalized spacial score (nSPS) is 13.0. The molecule has 1 aromatic carbocycles. The number of halogens is 1. The van der Waals surface area contributed by atoms with Crippen molar-refractivity contribution in [2.45, 2.75) is 45.4 Å². The van der Waals surface area contributed by atoms with Gasteiger partial charge in [0.1, 0.15) is 16.8 Å². The van der Waals surface area contributed by atoms with Crippen LogP contribution in [-0.2, 0) is 17.6 Å². The topological polar surface area (TPSA) is 62.1 Å². The smallest absolute Gasteiger partial charge is 0.225 e. The molecule has 1 N–H and O–H groups in total. The second kappa shape index (κ2) is 8.57. The molecular formula is C20H21ClN2O2S. The number of thiophene rings is 1. The van der Waals surface area contributed by atoms with Gasteiger partial charge in [-0.2, -0.15) is 5.26 Å². The van der Waals surface area contributed by atoms with Crippen LogP contribution in [0, 0.1) is 18.3 Å². The summed E-state index contributed by atoms with van der Waals surface area (Å²) in [7, 11) is 0. The minimum Gasteiger partial charge on any atom is -0.493 e. The van der Waals surface area contributed by atoms with E-state index in [1.807, 2.05) is 19.1 Å². The van der Waals surface area contributed by atoms with Crippen LogP contribution < -0.4 is 10.1 Å². The zero-order valence-electron chi connectivity index (χ0n) is 14.7. The zero-order chi connectivity index (χ0) is 18.5. The Hall–Kier alpha value is -2.03. The number of rotatable bonds is 6. The second-order valence-electron chi connectivity index (χ2n) is 6.44. The lowest BCUT2D eigenvalue weighted by molar-refractivity contribution is -0.116. The van der Waals surface area contributed by atoms with Crippen LogP contribution in [-0.4, -0.2) is 12.5 Å². The third kappa shape index (κ3) is 4.38. The van der Waals surface area contributed by atoms with E-state index in [1.165, 1.54) is 4.88 Å². The number of fused-ring (bicyclic) bond motifs is 1. The first-order chi connectivity index (χ1) is 12.6. The minimum atomic E-state index is -0.0727. The third-order valence-electron chi connectivity index (χ3n) is 4.48. The SMILES string of the molecule is Cc1cc(Cl)ccc1OCCCC(=O)Nc1sc2c(c1C#N)CCCC2. The van der Waals surface area contributed by atoms with E-state index >= 15 is 0 Å². The molecule has 1 heterocycles. The van der Waals surface area contributed by atoms with Crippen molar-refractivity contribution in [3.63, 3.8) is 0 Å². The van der Waals surface area contributed by atoms with Gasteiger partial charge in [-0.25, -0.2) is 0 Å². The van der Waals surface area contributed by atoms with Crippen molar-refractivity contribution in [1.82, 2.24) is 0 Å². The highest BCUT2D eigenvalue weighted by Crippen LogP contribution is 2.37. The number of benzene rings is 1. The Morgan fingerprint density at radius 1 is 1.38 bits per heavy atom. The number of nitrogens with one attached hydrogen (secondary N) is 1. The van der Waals surface area contributed by atoms with Crippen LogP contribution >= 0.6 is 22.9 Å². The van der Waals surface area contributed by atoms with Gasteiger partial charge in [0.05, 0.1) is 12.2 Å². The maximum Gasteiger partial charge on any atom is 0.225 e. The lowest BCUT2D eigenvalue weighted by atomic mass is 9.96. The molecule has 3 rings (SSSR count). The van der Waals surface area contributed by atoms with Gasteiger partial charge in [0, 0.05) is 16.3 Å². The third-order valence-corrected chi connectivity index (χ3v) is 5.92.